The molecule has 1 N–H and O–H groups in total. The topological polar surface area (TPSA) is 28.3 Å². The van der Waals surface area contributed by atoms with Crippen molar-refractivity contribution in [1.29, 1.82) is 0 Å². The molecule has 0 fully saturated rings. The molecule has 18 heavy (non-hydrogen) atoms. The fraction of sp³-hybridized carbons (Fsp3) is 0.467. The number of methoxy groups -OCH3 is 1. The maximum absolute atomic E-state index is 5.47. The average Bonchev–Trinajstić information content (AvgIpc) is 2.74. The predicted octanol–water partition coefficient (Wildman–Crippen LogP) is 2.73. The van der Waals surface area contributed by atoms with Gasteiger partial charge in [-0.2, -0.15) is 0 Å². The number of rotatable bonds is 2. The Kier molecular flexibility index (Phi) is 2.78. The molecular weight excluding hydrogens is 224 g/mol. The van der Waals surface area contributed by atoms with Gasteiger partial charge in [-0.1, -0.05) is 6.92 Å². The number of nitrogens with one attached hydrogen (secondary N) is 1. The molecule has 0 aliphatic carbocycles. The van der Waals surface area contributed by atoms with E-state index in [-0.39, 0.29) is 0 Å². The van der Waals surface area contributed by atoms with Gasteiger partial charge in [-0.05, 0) is 37.6 Å². The molecule has 0 saturated heterocycles. The summed E-state index contributed by atoms with van der Waals surface area (Å²) in [5.41, 5.74) is 5.45. The van der Waals surface area contributed by atoms with Crippen LogP contribution in [0.25, 0.3) is 10.9 Å². The zero-order valence-corrected chi connectivity index (χ0v) is 11.3. The van der Waals surface area contributed by atoms with Crippen molar-refractivity contribution in [3.05, 3.63) is 29.0 Å². The van der Waals surface area contributed by atoms with E-state index in [1.165, 1.54) is 27.7 Å². The summed E-state index contributed by atoms with van der Waals surface area (Å²) in [5.74, 6) is 0.997. The molecule has 0 bridgehead atoms. The van der Waals surface area contributed by atoms with E-state index in [1.54, 1.807) is 7.11 Å². The van der Waals surface area contributed by atoms with Gasteiger partial charge in [-0.25, -0.2) is 0 Å². The van der Waals surface area contributed by atoms with E-state index < -0.39 is 0 Å². The van der Waals surface area contributed by atoms with E-state index in [1.807, 2.05) is 0 Å². The highest BCUT2D eigenvalue weighted by atomic mass is 16.5. The van der Waals surface area contributed by atoms with Gasteiger partial charge in [0.05, 0.1) is 12.6 Å². The normalized spacial score (nSPS) is 15.9. The quantitative estimate of drug-likeness (QED) is 0.879. The summed E-state index contributed by atoms with van der Waals surface area (Å²) in [7, 11) is 3.92. The Balaban J connectivity index is 2.24. The second kappa shape index (κ2) is 4.32. The third kappa shape index (κ3) is 1.62. The Hall–Kier alpha value is -1.48. The van der Waals surface area contributed by atoms with Crippen LogP contribution in [0.2, 0.25) is 0 Å². The van der Waals surface area contributed by atoms with Crippen LogP contribution in [0.15, 0.2) is 12.1 Å². The van der Waals surface area contributed by atoms with Crippen molar-refractivity contribution in [2.24, 2.45) is 0 Å². The first-order valence-electron chi connectivity index (χ1n) is 6.62. The van der Waals surface area contributed by atoms with Crippen LogP contribution in [-0.4, -0.2) is 30.6 Å². The summed E-state index contributed by atoms with van der Waals surface area (Å²) in [4.78, 5) is 5.98. The molecule has 1 aromatic heterocycles. The lowest BCUT2D eigenvalue weighted by atomic mass is 10.0. The van der Waals surface area contributed by atoms with Crippen molar-refractivity contribution in [3.8, 4) is 5.75 Å². The molecule has 2 aromatic rings. The lowest BCUT2D eigenvalue weighted by molar-refractivity contribution is 0.310. The number of fused-ring (bicyclic) bond motifs is 3. The highest BCUT2D eigenvalue weighted by Crippen LogP contribution is 2.33. The number of nitrogens with zero attached hydrogens (tertiary/aromatic N) is 1. The van der Waals surface area contributed by atoms with Crippen molar-refractivity contribution in [2.75, 3.05) is 20.7 Å². The van der Waals surface area contributed by atoms with Gasteiger partial charge in [0.15, 0.2) is 0 Å². The highest BCUT2D eigenvalue weighted by Gasteiger charge is 2.20. The van der Waals surface area contributed by atoms with Crippen molar-refractivity contribution in [2.45, 2.75) is 26.3 Å². The molecule has 2 heterocycles. The third-order valence-electron chi connectivity index (χ3n) is 3.98. The van der Waals surface area contributed by atoms with E-state index in [9.17, 15) is 0 Å². The Bertz CT molecular complexity index is 586. The Labute approximate surface area is 108 Å². The van der Waals surface area contributed by atoms with Crippen LogP contribution in [0, 0.1) is 0 Å². The smallest absolute Gasteiger partial charge is 0.124 e. The number of aromatic amines is 1. The minimum Gasteiger partial charge on any atom is -0.496 e. The SMILES string of the molecule is CCc1c(OC)ccc2c3c([nH]c12)CN(C)CC3. The molecule has 3 nitrogen and oxygen atoms in total. The second-order valence-corrected chi connectivity index (χ2v) is 5.09. The molecule has 1 aliphatic heterocycles. The van der Waals surface area contributed by atoms with Crippen LogP contribution < -0.4 is 4.74 Å². The number of hydrogen-bond donors (Lipinski definition) is 1. The van der Waals surface area contributed by atoms with Crippen LogP contribution in [0.4, 0.5) is 0 Å². The molecule has 0 saturated carbocycles. The van der Waals surface area contributed by atoms with Gasteiger partial charge >= 0.3 is 0 Å². The van der Waals surface area contributed by atoms with Crippen molar-refractivity contribution < 1.29 is 4.74 Å². The first-order valence-corrected chi connectivity index (χ1v) is 6.62. The number of ether oxygens (including phenoxy) is 1. The number of H-pyrrole nitrogens is 1. The predicted molar refractivity (Wildman–Crippen MR) is 74.3 cm³/mol. The molecule has 0 radical (unpaired) electrons. The summed E-state index contributed by atoms with van der Waals surface area (Å²) in [6, 6.07) is 4.31. The Morgan fingerprint density at radius 2 is 2.22 bits per heavy atom. The van der Waals surface area contributed by atoms with Crippen molar-refractivity contribution in [1.82, 2.24) is 9.88 Å². The highest BCUT2D eigenvalue weighted by molar-refractivity contribution is 5.89. The summed E-state index contributed by atoms with van der Waals surface area (Å²) in [6.07, 6.45) is 2.14. The molecule has 0 amide bonds. The third-order valence-corrected chi connectivity index (χ3v) is 3.98. The minimum absolute atomic E-state index is 0.996. The number of benzene rings is 1. The molecule has 0 atom stereocenters. The average molecular weight is 244 g/mol. The summed E-state index contributed by atoms with van der Waals surface area (Å²) < 4.78 is 5.47. The van der Waals surface area contributed by atoms with E-state index in [0.717, 1.165) is 31.7 Å². The Morgan fingerprint density at radius 1 is 1.39 bits per heavy atom. The first kappa shape index (κ1) is 11.6. The second-order valence-electron chi connectivity index (χ2n) is 5.09. The van der Waals surface area contributed by atoms with Crippen LogP contribution in [0.3, 0.4) is 0 Å². The van der Waals surface area contributed by atoms with Gasteiger partial charge in [0.2, 0.25) is 0 Å². The lowest BCUT2D eigenvalue weighted by Gasteiger charge is -2.22. The molecular formula is C15H20N2O. The molecule has 1 aliphatic rings. The maximum Gasteiger partial charge on any atom is 0.124 e. The van der Waals surface area contributed by atoms with E-state index >= 15 is 0 Å². The molecule has 3 heteroatoms. The molecule has 96 valence electrons. The standard InChI is InChI=1S/C15H20N2O/c1-4-10-14(18-3)6-5-12-11-7-8-17(2)9-13(11)16-15(10)12/h5-6,16H,4,7-9H2,1-3H3. The zero-order chi connectivity index (χ0) is 12.7. The van der Waals surface area contributed by atoms with Gasteiger partial charge in [0, 0.05) is 29.7 Å². The molecule has 0 unspecified atom stereocenters. The number of aryl methyl sites for hydroxylation is 1. The van der Waals surface area contributed by atoms with Crippen molar-refractivity contribution in [3.63, 3.8) is 0 Å². The van der Waals surface area contributed by atoms with Crippen molar-refractivity contribution >= 4 is 10.9 Å². The van der Waals surface area contributed by atoms with Gasteiger partial charge in [0.1, 0.15) is 5.75 Å². The largest absolute Gasteiger partial charge is 0.496 e. The molecule has 1 aromatic carbocycles. The monoisotopic (exact) mass is 244 g/mol. The van der Waals surface area contributed by atoms with Gasteiger partial charge < -0.3 is 14.6 Å². The van der Waals surface area contributed by atoms with Crippen LogP contribution in [0.1, 0.15) is 23.7 Å². The summed E-state index contributed by atoms with van der Waals surface area (Å²) in [5, 5.41) is 1.38. The first-order chi connectivity index (χ1) is 8.74. The van der Waals surface area contributed by atoms with E-state index in [0.29, 0.717) is 0 Å². The van der Waals surface area contributed by atoms with E-state index in [4.69, 9.17) is 4.74 Å². The van der Waals surface area contributed by atoms with Crippen LogP contribution >= 0.6 is 0 Å². The van der Waals surface area contributed by atoms with Gasteiger partial charge in [-0.15, -0.1) is 0 Å². The lowest BCUT2D eigenvalue weighted by Crippen LogP contribution is -2.26. The van der Waals surface area contributed by atoms with E-state index in [2.05, 4.69) is 36.0 Å². The molecule has 3 rings (SSSR count). The van der Waals surface area contributed by atoms with Crippen LogP contribution in [-0.2, 0) is 19.4 Å². The van der Waals surface area contributed by atoms with Gasteiger partial charge in [0.25, 0.3) is 0 Å². The maximum atomic E-state index is 5.47. The van der Waals surface area contributed by atoms with Crippen LogP contribution in [0.5, 0.6) is 5.75 Å². The van der Waals surface area contributed by atoms with Gasteiger partial charge in [-0.3, -0.25) is 0 Å². The summed E-state index contributed by atoms with van der Waals surface area (Å²) >= 11 is 0. The summed E-state index contributed by atoms with van der Waals surface area (Å²) in [6.45, 7) is 4.35. The number of aromatic nitrogens is 1. The molecule has 0 spiro atoms. The Morgan fingerprint density at radius 3 is 2.94 bits per heavy atom. The minimum atomic E-state index is 0.996. The fourth-order valence-corrected chi connectivity index (χ4v) is 3.03. The number of hydrogen-bond acceptors (Lipinski definition) is 2. The zero-order valence-electron chi connectivity index (χ0n) is 11.3. The fourth-order valence-electron chi connectivity index (χ4n) is 3.03. The number of likely N-dealkylation sites (N-methyl/N-ethyl adjacent to an activating group) is 1.